The molecular weight excluding hydrogens is 390 g/mol. The molecule has 0 saturated carbocycles. The number of fused-ring (bicyclic) bond motifs is 1. The number of aromatic amines is 1. The van der Waals surface area contributed by atoms with Crippen molar-refractivity contribution >= 4 is 33.8 Å². The van der Waals surface area contributed by atoms with Crippen LogP contribution in [0.3, 0.4) is 0 Å². The van der Waals surface area contributed by atoms with Gasteiger partial charge in [0.05, 0.1) is 29.6 Å². The SMILES string of the molecule is CC(C)CCOc1ccccc1Nc1nc(Nc2cccnc2)cc2cc[nH]c(=O)c12. The zero-order valence-electron chi connectivity index (χ0n) is 17.6. The van der Waals surface area contributed by atoms with E-state index >= 15 is 0 Å². The molecule has 0 aliphatic heterocycles. The highest BCUT2D eigenvalue weighted by molar-refractivity contribution is 5.95. The molecule has 0 radical (unpaired) electrons. The van der Waals surface area contributed by atoms with Gasteiger partial charge >= 0.3 is 0 Å². The monoisotopic (exact) mass is 415 g/mol. The third-order valence-corrected chi connectivity index (χ3v) is 4.78. The molecule has 7 heteroatoms. The van der Waals surface area contributed by atoms with Crippen LogP contribution in [0.25, 0.3) is 10.8 Å². The molecule has 3 aromatic heterocycles. The Labute approximate surface area is 180 Å². The lowest BCUT2D eigenvalue weighted by molar-refractivity contribution is 0.291. The van der Waals surface area contributed by atoms with E-state index in [1.807, 2.05) is 48.5 Å². The van der Waals surface area contributed by atoms with Gasteiger partial charge in [0.1, 0.15) is 17.4 Å². The molecule has 4 rings (SSSR count). The first-order valence-electron chi connectivity index (χ1n) is 10.3. The molecule has 0 spiro atoms. The second-order valence-corrected chi connectivity index (χ2v) is 7.65. The summed E-state index contributed by atoms with van der Waals surface area (Å²) in [5.74, 6) is 2.33. The molecule has 158 valence electrons. The summed E-state index contributed by atoms with van der Waals surface area (Å²) in [5.41, 5.74) is 1.35. The Morgan fingerprint density at radius 1 is 1.10 bits per heavy atom. The minimum Gasteiger partial charge on any atom is -0.491 e. The van der Waals surface area contributed by atoms with E-state index in [0.717, 1.165) is 28.9 Å². The molecule has 0 saturated heterocycles. The summed E-state index contributed by atoms with van der Waals surface area (Å²) in [6.45, 7) is 4.95. The number of nitrogens with one attached hydrogen (secondary N) is 3. The summed E-state index contributed by atoms with van der Waals surface area (Å²) in [6, 6.07) is 15.1. The zero-order chi connectivity index (χ0) is 21.6. The van der Waals surface area contributed by atoms with Crippen LogP contribution in [0.5, 0.6) is 5.75 Å². The highest BCUT2D eigenvalue weighted by Crippen LogP contribution is 2.31. The number of aromatic nitrogens is 3. The van der Waals surface area contributed by atoms with Gasteiger partial charge in [-0.1, -0.05) is 26.0 Å². The summed E-state index contributed by atoms with van der Waals surface area (Å²) in [4.78, 5) is 24.1. The highest BCUT2D eigenvalue weighted by atomic mass is 16.5. The molecule has 0 fully saturated rings. The summed E-state index contributed by atoms with van der Waals surface area (Å²) in [6.07, 6.45) is 6.02. The molecule has 3 heterocycles. The van der Waals surface area contributed by atoms with Gasteiger partial charge in [-0.05, 0) is 54.1 Å². The molecule has 7 nitrogen and oxygen atoms in total. The van der Waals surface area contributed by atoms with Crippen LogP contribution in [0, 0.1) is 5.92 Å². The van der Waals surface area contributed by atoms with Crippen molar-refractivity contribution in [2.45, 2.75) is 20.3 Å². The van der Waals surface area contributed by atoms with Gasteiger partial charge in [0, 0.05) is 12.4 Å². The number of benzene rings is 1. The van der Waals surface area contributed by atoms with Crippen LogP contribution in [0.4, 0.5) is 23.0 Å². The molecule has 31 heavy (non-hydrogen) atoms. The first kappa shape index (κ1) is 20.4. The predicted molar refractivity (Wildman–Crippen MR) is 125 cm³/mol. The zero-order valence-corrected chi connectivity index (χ0v) is 17.6. The second kappa shape index (κ2) is 9.30. The molecular formula is C24H25N5O2. The third-order valence-electron chi connectivity index (χ3n) is 4.78. The molecule has 0 amide bonds. The van der Waals surface area contributed by atoms with E-state index in [2.05, 4.69) is 39.4 Å². The quantitative estimate of drug-likeness (QED) is 0.365. The molecule has 1 aromatic carbocycles. The van der Waals surface area contributed by atoms with Crippen molar-refractivity contribution in [3.8, 4) is 5.75 Å². The number of nitrogens with zero attached hydrogens (tertiary/aromatic N) is 2. The van der Waals surface area contributed by atoms with Gasteiger partial charge in [-0.15, -0.1) is 0 Å². The number of ether oxygens (including phenoxy) is 1. The number of H-pyrrole nitrogens is 1. The normalized spacial score (nSPS) is 10.9. The van der Waals surface area contributed by atoms with Crippen LogP contribution in [0.15, 0.2) is 71.9 Å². The van der Waals surface area contributed by atoms with Crippen LogP contribution < -0.4 is 20.9 Å². The van der Waals surface area contributed by atoms with Crippen molar-refractivity contribution in [1.82, 2.24) is 15.0 Å². The lowest BCUT2D eigenvalue weighted by Crippen LogP contribution is -2.10. The van der Waals surface area contributed by atoms with Gasteiger partial charge in [-0.25, -0.2) is 4.98 Å². The van der Waals surface area contributed by atoms with Gasteiger partial charge in [-0.3, -0.25) is 9.78 Å². The number of rotatable bonds is 8. The summed E-state index contributed by atoms with van der Waals surface area (Å²) in [7, 11) is 0. The van der Waals surface area contributed by atoms with E-state index < -0.39 is 0 Å². The number of hydrogen-bond acceptors (Lipinski definition) is 6. The van der Waals surface area contributed by atoms with E-state index in [-0.39, 0.29) is 5.56 Å². The highest BCUT2D eigenvalue weighted by Gasteiger charge is 2.13. The Morgan fingerprint density at radius 2 is 1.97 bits per heavy atom. The van der Waals surface area contributed by atoms with E-state index in [9.17, 15) is 4.79 Å². The average Bonchev–Trinajstić information content (AvgIpc) is 2.75. The Morgan fingerprint density at radius 3 is 2.77 bits per heavy atom. The number of hydrogen-bond donors (Lipinski definition) is 3. The maximum atomic E-state index is 12.6. The molecule has 0 aliphatic carbocycles. The van der Waals surface area contributed by atoms with E-state index in [0.29, 0.717) is 29.5 Å². The molecule has 0 atom stereocenters. The van der Waals surface area contributed by atoms with E-state index in [1.165, 1.54) is 0 Å². The van der Waals surface area contributed by atoms with Crippen molar-refractivity contribution in [3.63, 3.8) is 0 Å². The lowest BCUT2D eigenvalue weighted by atomic mass is 10.1. The van der Waals surface area contributed by atoms with Gasteiger partial charge in [0.15, 0.2) is 0 Å². The van der Waals surface area contributed by atoms with Gasteiger partial charge in [0.25, 0.3) is 5.56 Å². The topological polar surface area (TPSA) is 91.9 Å². The summed E-state index contributed by atoms with van der Waals surface area (Å²) >= 11 is 0. The van der Waals surface area contributed by atoms with Crippen molar-refractivity contribution < 1.29 is 4.74 Å². The number of para-hydroxylation sites is 2. The minimum absolute atomic E-state index is 0.210. The van der Waals surface area contributed by atoms with Crippen molar-refractivity contribution in [1.29, 1.82) is 0 Å². The summed E-state index contributed by atoms with van der Waals surface area (Å²) < 4.78 is 5.99. The summed E-state index contributed by atoms with van der Waals surface area (Å²) in [5, 5.41) is 7.81. The fourth-order valence-corrected chi connectivity index (χ4v) is 3.18. The fourth-order valence-electron chi connectivity index (χ4n) is 3.18. The van der Waals surface area contributed by atoms with E-state index in [4.69, 9.17) is 4.74 Å². The third kappa shape index (κ3) is 5.01. The molecule has 0 unspecified atom stereocenters. The van der Waals surface area contributed by atoms with Crippen molar-refractivity contribution in [2.24, 2.45) is 5.92 Å². The number of anilines is 4. The average molecular weight is 415 g/mol. The van der Waals surface area contributed by atoms with Gasteiger partial charge in [0.2, 0.25) is 0 Å². The molecule has 4 aromatic rings. The van der Waals surface area contributed by atoms with Crippen molar-refractivity contribution in [3.05, 3.63) is 77.5 Å². The largest absolute Gasteiger partial charge is 0.491 e. The maximum absolute atomic E-state index is 12.6. The number of pyridine rings is 3. The molecule has 3 N–H and O–H groups in total. The van der Waals surface area contributed by atoms with Crippen LogP contribution in [-0.2, 0) is 0 Å². The smallest absolute Gasteiger partial charge is 0.259 e. The second-order valence-electron chi connectivity index (χ2n) is 7.65. The van der Waals surface area contributed by atoms with Crippen molar-refractivity contribution in [2.75, 3.05) is 17.2 Å². The fraction of sp³-hybridized carbons (Fsp3) is 0.208. The van der Waals surface area contributed by atoms with Gasteiger partial charge in [-0.2, -0.15) is 0 Å². The Hall–Kier alpha value is -3.87. The van der Waals surface area contributed by atoms with Gasteiger partial charge < -0.3 is 20.4 Å². The Kier molecular flexibility index (Phi) is 6.12. The van der Waals surface area contributed by atoms with E-state index in [1.54, 1.807) is 18.6 Å². The van der Waals surface area contributed by atoms with Crippen LogP contribution in [0.1, 0.15) is 20.3 Å². The Bertz CT molecular complexity index is 1220. The van der Waals surface area contributed by atoms with Crippen LogP contribution >= 0.6 is 0 Å². The minimum atomic E-state index is -0.210. The lowest BCUT2D eigenvalue weighted by Gasteiger charge is -2.15. The standard InChI is InChI=1S/C24H25N5O2/c1-16(2)10-13-31-20-8-4-3-7-19(20)28-23-22-17(9-12-26-24(22)30)14-21(29-23)27-18-6-5-11-25-15-18/h3-9,11-12,14-16H,10,13H2,1-2H3,(H,26,30)(H2,27,28,29). The molecule has 0 bridgehead atoms. The Balaban J connectivity index is 1.71. The van der Waals surface area contributed by atoms with Crippen LogP contribution in [-0.4, -0.2) is 21.6 Å². The molecule has 0 aliphatic rings. The first-order chi connectivity index (χ1) is 15.1. The maximum Gasteiger partial charge on any atom is 0.259 e. The first-order valence-corrected chi connectivity index (χ1v) is 10.3. The van der Waals surface area contributed by atoms with Crippen LogP contribution in [0.2, 0.25) is 0 Å². The predicted octanol–water partition coefficient (Wildman–Crippen LogP) is 5.23.